The smallest absolute Gasteiger partial charge is 0.303 e. The molecule has 0 aliphatic carbocycles. The highest BCUT2D eigenvalue weighted by atomic mass is 19.1. The van der Waals surface area contributed by atoms with Crippen LogP contribution in [0, 0.1) is 18.6 Å². The Balaban J connectivity index is 1.36. The minimum absolute atomic E-state index is 0.113. The van der Waals surface area contributed by atoms with Crippen molar-refractivity contribution in [3.8, 4) is 22.9 Å². The van der Waals surface area contributed by atoms with Crippen molar-refractivity contribution in [2.75, 3.05) is 11.9 Å². The van der Waals surface area contributed by atoms with Crippen LogP contribution >= 0.6 is 0 Å². The molecule has 0 spiro atoms. The molecule has 3 aromatic carbocycles. The number of carboxylic acid groups (broad SMARTS) is 1. The van der Waals surface area contributed by atoms with Crippen LogP contribution in [0.15, 0.2) is 54.7 Å². The van der Waals surface area contributed by atoms with E-state index in [0.717, 1.165) is 24.2 Å². The molecule has 6 nitrogen and oxygen atoms in total. The van der Waals surface area contributed by atoms with Crippen molar-refractivity contribution >= 4 is 11.7 Å². The van der Waals surface area contributed by atoms with Crippen molar-refractivity contribution in [3.63, 3.8) is 0 Å². The fraction of sp³-hybridized carbons (Fsp3) is 0.214. The van der Waals surface area contributed by atoms with Crippen LogP contribution in [0.25, 0.3) is 11.4 Å². The SMILES string of the molecule is Cc1c(Oc2ccc(F)c(-c3ncc(Cc4cccc(CCC(=O)O)c4F)[nH]3)c2)ccc2c1CCN2. The first-order valence-electron chi connectivity index (χ1n) is 11.7. The molecule has 1 aliphatic rings. The Bertz CT molecular complexity index is 1450. The summed E-state index contributed by atoms with van der Waals surface area (Å²) < 4.78 is 35.7. The maximum Gasteiger partial charge on any atom is 0.303 e. The summed E-state index contributed by atoms with van der Waals surface area (Å²) in [4.78, 5) is 18.2. The average molecular weight is 490 g/mol. The third kappa shape index (κ3) is 4.79. The van der Waals surface area contributed by atoms with E-state index < -0.39 is 17.6 Å². The van der Waals surface area contributed by atoms with Crippen molar-refractivity contribution in [1.29, 1.82) is 0 Å². The molecule has 0 amide bonds. The summed E-state index contributed by atoms with van der Waals surface area (Å²) in [5.41, 5.74) is 5.00. The number of fused-ring (bicyclic) bond motifs is 1. The zero-order valence-corrected chi connectivity index (χ0v) is 19.7. The van der Waals surface area contributed by atoms with E-state index in [4.69, 9.17) is 9.84 Å². The molecule has 0 atom stereocenters. The number of benzene rings is 3. The van der Waals surface area contributed by atoms with E-state index in [-0.39, 0.29) is 24.8 Å². The number of hydrogen-bond donors (Lipinski definition) is 3. The summed E-state index contributed by atoms with van der Waals surface area (Å²) in [6, 6.07) is 13.3. The third-order valence-electron chi connectivity index (χ3n) is 6.44. The molecule has 0 saturated heterocycles. The van der Waals surface area contributed by atoms with E-state index in [2.05, 4.69) is 15.3 Å². The summed E-state index contributed by atoms with van der Waals surface area (Å²) in [6.45, 7) is 2.91. The average Bonchev–Trinajstić information content (AvgIpc) is 3.53. The second kappa shape index (κ2) is 9.81. The molecular weight excluding hydrogens is 464 g/mol. The predicted octanol–water partition coefficient (Wildman–Crippen LogP) is 6.03. The van der Waals surface area contributed by atoms with E-state index in [1.807, 2.05) is 19.1 Å². The lowest BCUT2D eigenvalue weighted by atomic mass is 10.0. The molecular formula is C28H25F2N3O3. The fourth-order valence-corrected chi connectivity index (χ4v) is 4.53. The summed E-state index contributed by atoms with van der Waals surface area (Å²) in [5.74, 6) is -0.361. The van der Waals surface area contributed by atoms with Crippen LogP contribution in [0.1, 0.15) is 34.4 Å². The number of anilines is 1. The Morgan fingerprint density at radius 1 is 1.14 bits per heavy atom. The Hall–Kier alpha value is -4.20. The Kier molecular flexibility index (Phi) is 6.41. The molecule has 0 radical (unpaired) electrons. The van der Waals surface area contributed by atoms with Gasteiger partial charge in [-0.05, 0) is 72.4 Å². The van der Waals surface area contributed by atoms with Crippen molar-refractivity contribution in [3.05, 3.63) is 94.3 Å². The number of halogens is 2. The predicted molar refractivity (Wildman–Crippen MR) is 133 cm³/mol. The molecule has 0 bridgehead atoms. The van der Waals surface area contributed by atoms with Crippen molar-refractivity contribution in [1.82, 2.24) is 9.97 Å². The van der Waals surface area contributed by atoms with Gasteiger partial charge in [0.15, 0.2) is 0 Å². The van der Waals surface area contributed by atoms with E-state index in [9.17, 15) is 13.6 Å². The number of aryl methyl sites for hydroxylation is 1. The van der Waals surface area contributed by atoms with Gasteiger partial charge in [0.25, 0.3) is 0 Å². The lowest BCUT2D eigenvalue weighted by molar-refractivity contribution is -0.136. The minimum atomic E-state index is -0.977. The highest BCUT2D eigenvalue weighted by molar-refractivity contribution is 5.67. The van der Waals surface area contributed by atoms with Crippen LogP contribution in [0.3, 0.4) is 0 Å². The minimum Gasteiger partial charge on any atom is -0.481 e. The number of H-pyrrole nitrogens is 1. The highest BCUT2D eigenvalue weighted by Gasteiger charge is 2.17. The molecule has 0 fully saturated rings. The molecule has 0 unspecified atom stereocenters. The Labute approximate surface area is 207 Å². The van der Waals surface area contributed by atoms with E-state index in [1.54, 1.807) is 36.5 Å². The van der Waals surface area contributed by atoms with Crippen LogP contribution in [0.5, 0.6) is 11.5 Å². The van der Waals surface area contributed by atoms with Crippen molar-refractivity contribution in [2.45, 2.75) is 32.6 Å². The summed E-state index contributed by atoms with van der Waals surface area (Å²) in [5, 5.41) is 12.2. The number of nitrogens with zero attached hydrogens (tertiary/aromatic N) is 1. The second-order valence-corrected chi connectivity index (χ2v) is 8.85. The maximum absolute atomic E-state index is 14.9. The van der Waals surface area contributed by atoms with Crippen LogP contribution in [-0.2, 0) is 24.1 Å². The molecule has 184 valence electrons. The van der Waals surface area contributed by atoms with Gasteiger partial charge in [-0.3, -0.25) is 4.79 Å². The van der Waals surface area contributed by atoms with Gasteiger partial charge >= 0.3 is 5.97 Å². The Morgan fingerprint density at radius 2 is 1.97 bits per heavy atom. The van der Waals surface area contributed by atoms with Crippen LogP contribution in [-0.4, -0.2) is 27.6 Å². The third-order valence-corrected chi connectivity index (χ3v) is 6.44. The molecule has 36 heavy (non-hydrogen) atoms. The topological polar surface area (TPSA) is 87.2 Å². The largest absolute Gasteiger partial charge is 0.481 e. The summed E-state index contributed by atoms with van der Waals surface area (Å²) in [7, 11) is 0. The van der Waals surface area contributed by atoms with Gasteiger partial charge in [0.05, 0.1) is 5.56 Å². The number of ether oxygens (including phenoxy) is 1. The van der Waals surface area contributed by atoms with Gasteiger partial charge in [-0.15, -0.1) is 0 Å². The standard InChI is InChI=1S/C28H25F2N3O3/c1-16-21-11-12-31-24(21)8-9-25(16)36-20-6-7-23(29)22(14-20)28-32-15-19(33-28)13-18-4-2-3-17(27(18)30)5-10-26(34)35/h2-4,6-9,14-15,31H,5,10-13H2,1H3,(H,32,33)(H,34,35). The van der Waals surface area contributed by atoms with E-state index >= 15 is 0 Å². The quantitative estimate of drug-likeness (QED) is 0.281. The molecule has 5 rings (SSSR count). The summed E-state index contributed by atoms with van der Waals surface area (Å²) >= 11 is 0. The molecule has 8 heteroatoms. The van der Waals surface area contributed by atoms with E-state index in [1.165, 1.54) is 11.6 Å². The van der Waals surface area contributed by atoms with Gasteiger partial charge in [-0.25, -0.2) is 13.8 Å². The van der Waals surface area contributed by atoms with Crippen LogP contribution < -0.4 is 10.1 Å². The Morgan fingerprint density at radius 3 is 2.81 bits per heavy atom. The second-order valence-electron chi connectivity index (χ2n) is 8.85. The van der Waals surface area contributed by atoms with Crippen LogP contribution in [0.2, 0.25) is 0 Å². The van der Waals surface area contributed by atoms with Gasteiger partial charge in [-0.2, -0.15) is 0 Å². The number of carboxylic acids is 1. The number of aromatic amines is 1. The van der Waals surface area contributed by atoms with Gasteiger partial charge in [0.1, 0.15) is 29.0 Å². The first kappa shape index (κ1) is 23.5. The normalized spacial score (nSPS) is 12.3. The number of rotatable bonds is 8. The number of imidazole rings is 1. The van der Waals surface area contributed by atoms with Gasteiger partial charge in [0, 0.05) is 37.0 Å². The molecule has 1 aromatic heterocycles. The monoisotopic (exact) mass is 489 g/mol. The lowest BCUT2D eigenvalue weighted by Gasteiger charge is -2.13. The zero-order chi connectivity index (χ0) is 25.2. The number of nitrogens with one attached hydrogen (secondary N) is 2. The zero-order valence-electron chi connectivity index (χ0n) is 19.7. The van der Waals surface area contributed by atoms with Crippen LogP contribution in [0.4, 0.5) is 14.5 Å². The van der Waals surface area contributed by atoms with Gasteiger partial charge in [0.2, 0.25) is 0 Å². The van der Waals surface area contributed by atoms with Crippen molar-refractivity contribution in [2.24, 2.45) is 0 Å². The maximum atomic E-state index is 14.9. The van der Waals surface area contributed by atoms with Gasteiger partial charge < -0.3 is 20.1 Å². The first-order chi connectivity index (χ1) is 17.4. The fourth-order valence-electron chi connectivity index (χ4n) is 4.53. The summed E-state index contributed by atoms with van der Waals surface area (Å²) in [6.07, 6.45) is 2.66. The molecule has 3 N–H and O–H groups in total. The molecule has 2 heterocycles. The van der Waals surface area contributed by atoms with Gasteiger partial charge in [-0.1, -0.05) is 18.2 Å². The first-order valence-corrected chi connectivity index (χ1v) is 11.7. The van der Waals surface area contributed by atoms with E-state index in [0.29, 0.717) is 34.1 Å². The molecule has 1 aliphatic heterocycles. The number of carbonyl (C=O) groups is 1. The number of hydrogen-bond acceptors (Lipinski definition) is 4. The van der Waals surface area contributed by atoms with Crippen molar-refractivity contribution < 1.29 is 23.4 Å². The number of aliphatic carboxylic acids is 1. The molecule has 4 aromatic rings. The highest BCUT2D eigenvalue weighted by Crippen LogP contribution is 2.35. The lowest BCUT2D eigenvalue weighted by Crippen LogP contribution is -2.02. The molecule has 0 saturated carbocycles. The number of aromatic nitrogens is 2.